The molecular weight excluding hydrogens is 737 g/mol. The Bertz CT molecular complexity index is 3480. The van der Waals surface area contributed by atoms with Crippen LogP contribution in [-0.2, 0) is 5.41 Å². The average Bonchev–Trinajstić information content (AvgIpc) is 3.77. The molecule has 0 saturated heterocycles. The van der Waals surface area contributed by atoms with Crippen LogP contribution in [0.5, 0.6) is 0 Å². The van der Waals surface area contributed by atoms with Gasteiger partial charge in [-0.05, 0) is 127 Å². The molecule has 0 radical (unpaired) electrons. The van der Waals surface area contributed by atoms with Crippen LogP contribution >= 0.6 is 0 Å². The molecule has 0 fully saturated rings. The fraction of sp³-hybridized carbons (Fsp3) is 0.0508. The molecule has 1 aliphatic rings. The van der Waals surface area contributed by atoms with Gasteiger partial charge in [-0.15, -0.1) is 0 Å². The summed E-state index contributed by atoms with van der Waals surface area (Å²) in [6.07, 6.45) is 0. The number of hydrogen-bond acceptors (Lipinski definition) is 1. The lowest BCUT2D eigenvalue weighted by atomic mass is 9.82. The Morgan fingerprint density at radius 3 is 1.74 bits per heavy atom. The van der Waals surface area contributed by atoms with Crippen LogP contribution < -0.4 is 4.90 Å². The van der Waals surface area contributed by atoms with Crippen LogP contribution in [0, 0.1) is 0 Å². The molecule has 1 aliphatic carbocycles. The first kappa shape index (κ1) is 35.3. The van der Waals surface area contributed by atoms with Gasteiger partial charge in [-0.2, -0.15) is 0 Å². The van der Waals surface area contributed by atoms with Crippen molar-refractivity contribution in [1.29, 1.82) is 0 Å². The van der Waals surface area contributed by atoms with Gasteiger partial charge in [0.15, 0.2) is 0 Å². The van der Waals surface area contributed by atoms with Crippen molar-refractivity contribution in [2.45, 2.75) is 19.3 Å². The fourth-order valence-electron chi connectivity index (χ4n) is 10.3. The normalized spacial score (nSPS) is 12.9. The first-order chi connectivity index (χ1) is 30.0. The number of fused-ring (bicyclic) bond motifs is 9. The van der Waals surface area contributed by atoms with Crippen molar-refractivity contribution in [2.24, 2.45) is 0 Å². The highest BCUT2D eigenvalue weighted by atomic mass is 15.1. The van der Waals surface area contributed by atoms with Crippen molar-refractivity contribution >= 4 is 60.4 Å². The zero-order valence-electron chi connectivity index (χ0n) is 34.2. The lowest BCUT2D eigenvalue weighted by molar-refractivity contribution is 0.661. The molecule has 0 unspecified atom stereocenters. The summed E-state index contributed by atoms with van der Waals surface area (Å²) in [6.45, 7) is 4.77. The SMILES string of the molecule is CC1(C)c2cc(N(c3ccc(-c4cccc5cccc(-c6ccccc6)c45)cc3)c3ccc4c(c3)c3ccccc3n4-c3ccccc3)ccc2-c2c1ccc1ccccc21. The van der Waals surface area contributed by atoms with E-state index in [9.17, 15) is 0 Å². The van der Waals surface area contributed by atoms with Gasteiger partial charge in [-0.1, -0.05) is 172 Å². The third-order valence-corrected chi connectivity index (χ3v) is 13.2. The van der Waals surface area contributed by atoms with E-state index in [0.717, 1.165) is 22.7 Å². The molecule has 0 amide bonds. The zero-order chi connectivity index (χ0) is 40.7. The molecule has 0 aliphatic heterocycles. The van der Waals surface area contributed by atoms with Gasteiger partial charge >= 0.3 is 0 Å². The van der Waals surface area contributed by atoms with Crippen molar-refractivity contribution in [3.8, 4) is 39.1 Å². The highest BCUT2D eigenvalue weighted by Crippen LogP contribution is 2.53. The maximum absolute atomic E-state index is 2.45. The molecule has 0 N–H and O–H groups in total. The first-order valence-electron chi connectivity index (χ1n) is 21.3. The van der Waals surface area contributed by atoms with E-state index in [-0.39, 0.29) is 5.41 Å². The zero-order valence-corrected chi connectivity index (χ0v) is 34.2. The second kappa shape index (κ2) is 13.7. The Morgan fingerprint density at radius 2 is 0.967 bits per heavy atom. The number of rotatable bonds is 6. The summed E-state index contributed by atoms with van der Waals surface area (Å²) in [7, 11) is 0. The minimum Gasteiger partial charge on any atom is -0.310 e. The third kappa shape index (κ3) is 5.49. The molecular formula is C59H42N2. The molecule has 288 valence electrons. The van der Waals surface area contributed by atoms with E-state index in [1.807, 2.05) is 0 Å². The van der Waals surface area contributed by atoms with E-state index in [1.54, 1.807) is 0 Å². The minimum atomic E-state index is -0.169. The van der Waals surface area contributed by atoms with Gasteiger partial charge in [0.05, 0.1) is 11.0 Å². The Kier molecular flexibility index (Phi) is 7.92. The molecule has 2 nitrogen and oxygen atoms in total. The van der Waals surface area contributed by atoms with Gasteiger partial charge in [-0.3, -0.25) is 0 Å². The smallest absolute Gasteiger partial charge is 0.0542 e. The van der Waals surface area contributed by atoms with Crippen LogP contribution in [0.1, 0.15) is 25.0 Å². The summed E-state index contributed by atoms with van der Waals surface area (Å²) < 4.78 is 2.39. The Labute approximate surface area is 356 Å². The summed E-state index contributed by atoms with van der Waals surface area (Å²) in [5.74, 6) is 0. The average molecular weight is 779 g/mol. The van der Waals surface area contributed by atoms with Gasteiger partial charge in [0.2, 0.25) is 0 Å². The first-order valence-corrected chi connectivity index (χ1v) is 21.3. The maximum atomic E-state index is 2.45. The van der Waals surface area contributed by atoms with Gasteiger partial charge < -0.3 is 9.47 Å². The predicted molar refractivity (Wildman–Crippen MR) is 259 cm³/mol. The standard InChI is InChI=1S/C59H42N2/c1-59(2)53-35-29-40-17-9-10-22-49(40)58(53)51-34-32-46(38-54(51)59)60(45-33-36-56-52(37-45)50-23-11-12-26-55(50)61(56)43-20-7-4-8-21-43)44-30-27-41(28-31-44)48-25-14-19-42-18-13-24-47(57(42)48)39-15-5-3-6-16-39/h3-38H,1-2H3. The molecule has 61 heavy (non-hydrogen) atoms. The monoisotopic (exact) mass is 778 g/mol. The summed E-state index contributed by atoms with van der Waals surface area (Å²) in [4.78, 5) is 2.45. The third-order valence-electron chi connectivity index (χ3n) is 13.2. The fourth-order valence-corrected chi connectivity index (χ4v) is 10.3. The van der Waals surface area contributed by atoms with E-state index >= 15 is 0 Å². The lowest BCUT2D eigenvalue weighted by Gasteiger charge is -2.28. The van der Waals surface area contributed by atoms with Crippen LogP contribution in [0.4, 0.5) is 17.1 Å². The predicted octanol–water partition coefficient (Wildman–Crippen LogP) is 16.2. The van der Waals surface area contributed by atoms with Crippen molar-refractivity contribution in [1.82, 2.24) is 4.57 Å². The molecule has 11 aromatic rings. The number of aromatic nitrogens is 1. The summed E-state index contributed by atoms with van der Waals surface area (Å²) in [5.41, 5.74) is 17.1. The summed E-state index contributed by atoms with van der Waals surface area (Å²) in [6, 6.07) is 80.4. The molecule has 0 atom stereocenters. The van der Waals surface area contributed by atoms with Crippen LogP contribution in [0.3, 0.4) is 0 Å². The van der Waals surface area contributed by atoms with Crippen LogP contribution in [0.2, 0.25) is 0 Å². The van der Waals surface area contributed by atoms with Crippen LogP contribution in [-0.4, -0.2) is 4.57 Å². The maximum Gasteiger partial charge on any atom is 0.0542 e. The van der Waals surface area contributed by atoms with E-state index in [0.29, 0.717) is 0 Å². The van der Waals surface area contributed by atoms with Gasteiger partial charge in [0.1, 0.15) is 0 Å². The van der Waals surface area contributed by atoms with E-state index in [2.05, 4.69) is 242 Å². The van der Waals surface area contributed by atoms with Crippen LogP contribution in [0.25, 0.3) is 82.4 Å². The van der Waals surface area contributed by atoms with E-state index in [1.165, 1.54) is 87.9 Å². The van der Waals surface area contributed by atoms with Gasteiger partial charge in [-0.25, -0.2) is 0 Å². The summed E-state index contributed by atoms with van der Waals surface area (Å²) >= 11 is 0. The molecule has 0 saturated carbocycles. The second-order valence-electron chi connectivity index (χ2n) is 16.9. The summed E-state index contributed by atoms with van der Waals surface area (Å²) in [5, 5.41) is 7.57. The topological polar surface area (TPSA) is 8.17 Å². The van der Waals surface area contributed by atoms with Crippen molar-refractivity contribution < 1.29 is 0 Å². The van der Waals surface area contributed by atoms with Crippen molar-refractivity contribution in [3.05, 3.63) is 230 Å². The second-order valence-corrected chi connectivity index (χ2v) is 16.9. The Balaban J connectivity index is 1.05. The van der Waals surface area contributed by atoms with E-state index < -0.39 is 0 Å². The quantitative estimate of drug-likeness (QED) is 0.163. The molecule has 1 heterocycles. The molecule has 0 spiro atoms. The van der Waals surface area contributed by atoms with Gasteiger partial charge in [0.25, 0.3) is 0 Å². The number of para-hydroxylation sites is 2. The Hall–Kier alpha value is -7.68. The lowest BCUT2D eigenvalue weighted by Crippen LogP contribution is -2.16. The highest BCUT2D eigenvalue weighted by Gasteiger charge is 2.37. The highest BCUT2D eigenvalue weighted by molar-refractivity contribution is 6.11. The van der Waals surface area contributed by atoms with E-state index in [4.69, 9.17) is 0 Å². The molecule has 2 heteroatoms. The number of benzene rings is 10. The Morgan fingerprint density at radius 1 is 0.377 bits per heavy atom. The molecule has 10 aromatic carbocycles. The number of anilines is 3. The van der Waals surface area contributed by atoms with Gasteiger partial charge in [0, 0.05) is 38.9 Å². The van der Waals surface area contributed by atoms with Crippen molar-refractivity contribution in [3.63, 3.8) is 0 Å². The number of hydrogen-bond donors (Lipinski definition) is 0. The molecule has 0 bridgehead atoms. The molecule has 12 rings (SSSR count). The largest absolute Gasteiger partial charge is 0.310 e. The van der Waals surface area contributed by atoms with Crippen molar-refractivity contribution in [2.75, 3.05) is 4.90 Å². The molecule has 1 aromatic heterocycles. The number of nitrogens with zero attached hydrogens (tertiary/aromatic N) is 2. The van der Waals surface area contributed by atoms with Crippen LogP contribution in [0.15, 0.2) is 218 Å². The minimum absolute atomic E-state index is 0.169.